The number of carbonyl (C=O) groups excluding carboxylic acids is 1. The van der Waals surface area contributed by atoms with Gasteiger partial charge in [0.1, 0.15) is 12.6 Å². The molecule has 4 heterocycles. The standard InChI is InChI=1S/C19H23N7O5/c1-23-16-15(17(28)24(2)19(23)29)26(11-21-16)10-14(27)25-8-4-5-12(9-25)31-13-6-7-20-18(22-13)30-3/h6-7,11-12H,4-5,8-10H2,1-3H3. The normalized spacial score (nSPS) is 16.5. The van der Waals surface area contributed by atoms with Crippen LogP contribution in [0.3, 0.4) is 0 Å². The SMILES string of the molecule is COc1nccc(OC2CCCN(C(=O)Cn3cnc4c3c(=O)n(C)c(=O)n4C)C2)n1. The second-order valence-corrected chi connectivity index (χ2v) is 7.35. The molecule has 4 rings (SSSR count). The van der Waals surface area contributed by atoms with Crippen LogP contribution in [0.5, 0.6) is 11.9 Å². The quantitative estimate of drug-likeness (QED) is 0.521. The lowest BCUT2D eigenvalue weighted by molar-refractivity contribution is -0.134. The molecular weight excluding hydrogens is 406 g/mol. The van der Waals surface area contributed by atoms with Crippen LogP contribution >= 0.6 is 0 Å². The smallest absolute Gasteiger partial charge is 0.332 e. The van der Waals surface area contributed by atoms with Crippen molar-refractivity contribution in [3.05, 3.63) is 39.4 Å². The number of piperidine rings is 1. The minimum absolute atomic E-state index is 0.0575. The average molecular weight is 429 g/mol. The molecule has 0 radical (unpaired) electrons. The van der Waals surface area contributed by atoms with Crippen LogP contribution in [0, 0.1) is 0 Å². The van der Waals surface area contributed by atoms with E-state index in [1.54, 1.807) is 17.2 Å². The summed E-state index contributed by atoms with van der Waals surface area (Å²) in [5.41, 5.74) is -0.485. The molecule has 0 aromatic carbocycles. The van der Waals surface area contributed by atoms with Gasteiger partial charge in [-0.15, -0.1) is 0 Å². The summed E-state index contributed by atoms with van der Waals surface area (Å²) in [7, 11) is 4.42. The van der Waals surface area contributed by atoms with Crippen molar-refractivity contribution >= 4 is 17.1 Å². The van der Waals surface area contributed by atoms with Gasteiger partial charge in [-0.1, -0.05) is 0 Å². The zero-order valence-electron chi connectivity index (χ0n) is 17.5. The maximum absolute atomic E-state index is 13.0. The predicted molar refractivity (Wildman–Crippen MR) is 109 cm³/mol. The summed E-state index contributed by atoms with van der Waals surface area (Å²) in [4.78, 5) is 51.6. The Hall–Kier alpha value is -3.70. The Morgan fingerprint density at radius 3 is 2.81 bits per heavy atom. The van der Waals surface area contributed by atoms with Crippen LogP contribution in [0.2, 0.25) is 0 Å². The van der Waals surface area contributed by atoms with Gasteiger partial charge in [-0.2, -0.15) is 4.98 Å². The highest BCUT2D eigenvalue weighted by atomic mass is 16.5. The summed E-state index contributed by atoms with van der Waals surface area (Å²) < 4.78 is 14.7. The summed E-state index contributed by atoms with van der Waals surface area (Å²) in [6, 6.07) is 1.85. The Balaban J connectivity index is 1.50. The van der Waals surface area contributed by atoms with E-state index >= 15 is 0 Å². The van der Waals surface area contributed by atoms with Crippen molar-refractivity contribution in [2.75, 3.05) is 20.2 Å². The van der Waals surface area contributed by atoms with Gasteiger partial charge in [0.15, 0.2) is 11.2 Å². The number of nitrogens with zero attached hydrogens (tertiary/aromatic N) is 7. The highest BCUT2D eigenvalue weighted by molar-refractivity contribution is 5.79. The fourth-order valence-corrected chi connectivity index (χ4v) is 3.68. The molecule has 12 heteroatoms. The van der Waals surface area contributed by atoms with E-state index in [2.05, 4.69) is 15.0 Å². The molecule has 0 spiro atoms. The second kappa shape index (κ2) is 8.20. The number of rotatable bonds is 5. The van der Waals surface area contributed by atoms with E-state index in [4.69, 9.17) is 9.47 Å². The molecule has 3 aromatic heterocycles. The molecule has 1 aliphatic rings. The number of amides is 1. The van der Waals surface area contributed by atoms with Crippen LogP contribution in [0.4, 0.5) is 0 Å². The van der Waals surface area contributed by atoms with E-state index in [1.807, 2.05) is 0 Å². The lowest BCUT2D eigenvalue weighted by Gasteiger charge is -2.32. The molecule has 0 saturated carbocycles. The Labute approximate surface area is 176 Å². The number of imidazole rings is 1. The predicted octanol–water partition coefficient (Wildman–Crippen LogP) is -0.698. The summed E-state index contributed by atoms with van der Waals surface area (Å²) in [6.45, 7) is 0.932. The molecule has 0 bridgehead atoms. The van der Waals surface area contributed by atoms with Crippen LogP contribution < -0.4 is 20.7 Å². The number of hydrogen-bond donors (Lipinski definition) is 0. The highest BCUT2D eigenvalue weighted by Gasteiger charge is 2.26. The molecule has 1 fully saturated rings. The van der Waals surface area contributed by atoms with Crippen molar-refractivity contribution in [2.45, 2.75) is 25.5 Å². The molecule has 31 heavy (non-hydrogen) atoms. The van der Waals surface area contributed by atoms with E-state index in [0.29, 0.717) is 19.0 Å². The zero-order valence-corrected chi connectivity index (χ0v) is 17.5. The second-order valence-electron chi connectivity index (χ2n) is 7.35. The Kier molecular flexibility index (Phi) is 5.44. The summed E-state index contributed by atoms with van der Waals surface area (Å²) >= 11 is 0. The Morgan fingerprint density at radius 1 is 1.23 bits per heavy atom. The Bertz CT molecular complexity index is 1240. The molecule has 1 amide bonds. The largest absolute Gasteiger partial charge is 0.472 e. The van der Waals surface area contributed by atoms with E-state index in [0.717, 1.165) is 17.4 Å². The molecule has 1 atom stereocenters. The monoisotopic (exact) mass is 429 g/mol. The summed E-state index contributed by atoms with van der Waals surface area (Å²) in [6.07, 6.45) is 4.30. The minimum Gasteiger partial charge on any atom is -0.472 e. The van der Waals surface area contributed by atoms with Crippen LogP contribution in [-0.2, 0) is 25.4 Å². The van der Waals surface area contributed by atoms with Gasteiger partial charge in [-0.25, -0.2) is 14.8 Å². The maximum atomic E-state index is 13.0. The van der Waals surface area contributed by atoms with Crippen LogP contribution in [0.25, 0.3) is 11.2 Å². The fraction of sp³-hybridized carbons (Fsp3) is 0.474. The van der Waals surface area contributed by atoms with Crippen molar-refractivity contribution in [3.63, 3.8) is 0 Å². The van der Waals surface area contributed by atoms with E-state index in [-0.39, 0.29) is 35.7 Å². The van der Waals surface area contributed by atoms with Gasteiger partial charge in [0, 0.05) is 32.9 Å². The van der Waals surface area contributed by atoms with Gasteiger partial charge >= 0.3 is 11.7 Å². The molecule has 1 saturated heterocycles. The number of carbonyl (C=O) groups is 1. The molecule has 1 unspecified atom stereocenters. The topological polar surface area (TPSA) is 126 Å². The van der Waals surface area contributed by atoms with Crippen molar-refractivity contribution in [1.82, 2.24) is 33.6 Å². The van der Waals surface area contributed by atoms with Crippen molar-refractivity contribution in [3.8, 4) is 11.9 Å². The zero-order chi connectivity index (χ0) is 22.1. The van der Waals surface area contributed by atoms with E-state index in [9.17, 15) is 14.4 Å². The number of aromatic nitrogens is 6. The fourth-order valence-electron chi connectivity index (χ4n) is 3.68. The minimum atomic E-state index is -0.485. The number of likely N-dealkylation sites (tertiary alicyclic amines) is 1. The van der Waals surface area contributed by atoms with Gasteiger partial charge in [0.25, 0.3) is 5.56 Å². The third-order valence-corrected chi connectivity index (χ3v) is 5.33. The first-order valence-corrected chi connectivity index (χ1v) is 9.81. The number of ether oxygens (including phenoxy) is 2. The lowest BCUT2D eigenvalue weighted by atomic mass is 10.1. The first-order chi connectivity index (χ1) is 14.9. The highest BCUT2D eigenvalue weighted by Crippen LogP contribution is 2.18. The number of aryl methyl sites for hydroxylation is 1. The molecule has 1 aliphatic heterocycles. The number of fused-ring (bicyclic) bond motifs is 1. The number of hydrogen-bond acceptors (Lipinski definition) is 8. The van der Waals surface area contributed by atoms with Crippen LogP contribution in [0.15, 0.2) is 28.2 Å². The van der Waals surface area contributed by atoms with Crippen LogP contribution in [0.1, 0.15) is 12.8 Å². The summed E-state index contributed by atoms with van der Waals surface area (Å²) in [5, 5.41) is 0. The first-order valence-electron chi connectivity index (χ1n) is 9.81. The third-order valence-electron chi connectivity index (χ3n) is 5.33. The van der Waals surface area contributed by atoms with Gasteiger partial charge in [0.2, 0.25) is 11.8 Å². The molecule has 3 aromatic rings. The molecule has 12 nitrogen and oxygen atoms in total. The van der Waals surface area contributed by atoms with Crippen molar-refractivity contribution < 1.29 is 14.3 Å². The third kappa shape index (κ3) is 3.88. The van der Waals surface area contributed by atoms with Crippen LogP contribution in [-0.4, -0.2) is 65.8 Å². The first kappa shape index (κ1) is 20.6. The summed E-state index contributed by atoms with van der Waals surface area (Å²) in [5.74, 6) is 0.222. The van der Waals surface area contributed by atoms with E-state index in [1.165, 1.54) is 36.7 Å². The van der Waals surface area contributed by atoms with Gasteiger partial charge in [-0.05, 0) is 12.8 Å². The van der Waals surface area contributed by atoms with Gasteiger partial charge < -0.3 is 18.9 Å². The van der Waals surface area contributed by atoms with Crippen molar-refractivity contribution in [1.29, 1.82) is 0 Å². The van der Waals surface area contributed by atoms with E-state index < -0.39 is 11.2 Å². The van der Waals surface area contributed by atoms with Crippen molar-refractivity contribution in [2.24, 2.45) is 14.1 Å². The maximum Gasteiger partial charge on any atom is 0.332 e. The average Bonchev–Trinajstić information content (AvgIpc) is 3.20. The molecule has 0 aliphatic carbocycles. The van der Waals surface area contributed by atoms with Gasteiger partial charge in [0.05, 0.1) is 20.0 Å². The Morgan fingerprint density at radius 2 is 2.03 bits per heavy atom. The van der Waals surface area contributed by atoms with Gasteiger partial charge in [-0.3, -0.25) is 18.7 Å². The lowest BCUT2D eigenvalue weighted by Crippen LogP contribution is -2.45. The molecule has 0 N–H and O–H groups in total. The number of methoxy groups -OCH3 is 1. The molecule has 164 valence electrons. The molecular formula is C19H23N7O5.